The van der Waals surface area contributed by atoms with E-state index < -0.39 is 0 Å². The van der Waals surface area contributed by atoms with E-state index in [1.54, 1.807) is 0 Å². The Kier molecular flexibility index (Phi) is 4.71. The Morgan fingerprint density at radius 1 is 1.10 bits per heavy atom. The van der Waals surface area contributed by atoms with Crippen molar-refractivity contribution in [3.05, 3.63) is 35.9 Å². The van der Waals surface area contributed by atoms with Crippen molar-refractivity contribution in [2.45, 2.75) is 56.8 Å². The number of benzene rings is 1. The molecule has 3 nitrogen and oxygen atoms in total. The Morgan fingerprint density at radius 2 is 1.95 bits per heavy atom. The van der Waals surface area contributed by atoms with E-state index in [-0.39, 0.29) is 6.10 Å². The average molecular weight is 274 g/mol. The minimum Gasteiger partial charge on any atom is -0.392 e. The summed E-state index contributed by atoms with van der Waals surface area (Å²) in [5.41, 5.74) is 1.40. The molecule has 3 rings (SSSR count). The lowest BCUT2D eigenvalue weighted by Gasteiger charge is -2.35. The van der Waals surface area contributed by atoms with Gasteiger partial charge in [-0.2, -0.15) is 0 Å². The molecule has 3 atom stereocenters. The van der Waals surface area contributed by atoms with Gasteiger partial charge in [-0.25, -0.2) is 0 Å². The van der Waals surface area contributed by atoms with Gasteiger partial charge in [0.1, 0.15) is 0 Å². The lowest BCUT2D eigenvalue weighted by atomic mass is 10.0. The maximum absolute atomic E-state index is 9.94. The van der Waals surface area contributed by atoms with E-state index in [0.29, 0.717) is 12.1 Å². The molecule has 1 aliphatic carbocycles. The van der Waals surface area contributed by atoms with Gasteiger partial charge in [-0.15, -0.1) is 0 Å². The van der Waals surface area contributed by atoms with Crippen LogP contribution in [0, 0.1) is 0 Å². The molecule has 1 aromatic rings. The lowest BCUT2D eigenvalue weighted by molar-refractivity contribution is 0.121. The molecular formula is C17H26N2O. The number of aliphatic hydroxyl groups is 1. The maximum atomic E-state index is 9.94. The van der Waals surface area contributed by atoms with E-state index in [0.717, 1.165) is 25.9 Å². The second kappa shape index (κ2) is 6.70. The van der Waals surface area contributed by atoms with Crippen molar-refractivity contribution in [1.29, 1.82) is 0 Å². The third-order valence-electron chi connectivity index (χ3n) is 4.68. The van der Waals surface area contributed by atoms with E-state index in [4.69, 9.17) is 0 Å². The van der Waals surface area contributed by atoms with Gasteiger partial charge < -0.3 is 10.4 Å². The zero-order chi connectivity index (χ0) is 13.8. The molecule has 1 aromatic carbocycles. The smallest absolute Gasteiger partial charge is 0.0693 e. The van der Waals surface area contributed by atoms with Crippen LogP contribution >= 0.6 is 0 Å². The number of hydrogen-bond donors (Lipinski definition) is 2. The number of nitrogens with zero attached hydrogens (tertiary/aromatic N) is 1. The SMILES string of the molecule is O[C@H]1CCC[C@@H]1NC1CCCN(Cc2ccccc2)C1. The third kappa shape index (κ3) is 3.60. The molecule has 0 bridgehead atoms. The van der Waals surface area contributed by atoms with E-state index in [2.05, 4.69) is 40.5 Å². The van der Waals surface area contributed by atoms with Crippen molar-refractivity contribution < 1.29 is 5.11 Å². The quantitative estimate of drug-likeness (QED) is 0.883. The fourth-order valence-corrected chi connectivity index (χ4v) is 3.61. The molecule has 1 saturated carbocycles. The highest BCUT2D eigenvalue weighted by molar-refractivity contribution is 5.14. The van der Waals surface area contributed by atoms with Crippen LogP contribution in [-0.4, -0.2) is 41.3 Å². The normalized spacial score (nSPS) is 31.6. The van der Waals surface area contributed by atoms with Gasteiger partial charge in [0, 0.05) is 25.2 Å². The molecule has 0 radical (unpaired) electrons. The lowest BCUT2D eigenvalue weighted by Crippen LogP contribution is -2.50. The second-order valence-corrected chi connectivity index (χ2v) is 6.33. The summed E-state index contributed by atoms with van der Waals surface area (Å²) >= 11 is 0. The molecule has 110 valence electrons. The van der Waals surface area contributed by atoms with Crippen molar-refractivity contribution in [3.63, 3.8) is 0 Å². The molecule has 20 heavy (non-hydrogen) atoms. The van der Waals surface area contributed by atoms with Gasteiger partial charge in [-0.05, 0) is 44.2 Å². The van der Waals surface area contributed by atoms with Gasteiger partial charge in [0.25, 0.3) is 0 Å². The summed E-state index contributed by atoms with van der Waals surface area (Å²) in [6, 6.07) is 11.6. The highest BCUT2D eigenvalue weighted by Gasteiger charge is 2.29. The summed E-state index contributed by atoms with van der Waals surface area (Å²) in [6.45, 7) is 3.35. The summed E-state index contributed by atoms with van der Waals surface area (Å²) in [6.07, 6.45) is 5.65. The van der Waals surface area contributed by atoms with Gasteiger partial charge in [0.15, 0.2) is 0 Å². The molecule has 3 heteroatoms. The van der Waals surface area contributed by atoms with Crippen LogP contribution in [0.3, 0.4) is 0 Å². The van der Waals surface area contributed by atoms with Crippen LogP contribution in [0.15, 0.2) is 30.3 Å². The Labute approximate surface area is 122 Å². The molecule has 1 unspecified atom stereocenters. The number of piperidine rings is 1. The van der Waals surface area contributed by atoms with Crippen LogP contribution in [0.1, 0.15) is 37.7 Å². The Morgan fingerprint density at radius 3 is 2.70 bits per heavy atom. The van der Waals surface area contributed by atoms with Gasteiger partial charge in [-0.1, -0.05) is 30.3 Å². The monoisotopic (exact) mass is 274 g/mol. The molecule has 1 saturated heterocycles. The molecule has 0 amide bonds. The van der Waals surface area contributed by atoms with Crippen LogP contribution in [0.4, 0.5) is 0 Å². The fourth-order valence-electron chi connectivity index (χ4n) is 3.61. The number of hydrogen-bond acceptors (Lipinski definition) is 3. The van der Waals surface area contributed by atoms with Crippen molar-refractivity contribution in [1.82, 2.24) is 10.2 Å². The Hall–Kier alpha value is -0.900. The summed E-state index contributed by atoms with van der Waals surface area (Å²) in [5, 5.41) is 13.6. The summed E-state index contributed by atoms with van der Waals surface area (Å²) < 4.78 is 0. The van der Waals surface area contributed by atoms with E-state index in [1.807, 2.05) is 0 Å². The van der Waals surface area contributed by atoms with Crippen LogP contribution in [0.5, 0.6) is 0 Å². The molecule has 2 aliphatic rings. The summed E-state index contributed by atoms with van der Waals surface area (Å²) in [7, 11) is 0. The van der Waals surface area contributed by atoms with Gasteiger partial charge in [-0.3, -0.25) is 4.90 Å². The first kappa shape index (κ1) is 14.1. The van der Waals surface area contributed by atoms with Gasteiger partial charge in [0.05, 0.1) is 6.10 Å². The van der Waals surface area contributed by atoms with Crippen LogP contribution in [0.25, 0.3) is 0 Å². The average Bonchev–Trinajstić information content (AvgIpc) is 2.86. The van der Waals surface area contributed by atoms with E-state index in [9.17, 15) is 5.11 Å². The van der Waals surface area contributed by atoms with E-state index in [1.165, 1.54) is 31.4 Å². The molecule has 0 spiro atoms. The van der Waals surface area contributed by atoms with Crippen molar-refractivity contribution >= 4 is 0 Å². The largest absolute Gasteiger partial charge is 0.392 e. The second-order valence-electron chi connectivity index (χ2n) is 6.33. The maximum Gasteiger partial charge on any atom is 0.0693 e. The van der Waals surface area contributed by atoms with Crippen molar-refractivity contribution in [2.75, 3.05) is 13.1 Å². The molecule has 0 aromatic heterocycles. The third-order valence-corrected chi connectivity index (χ3v) is 4.68. The highest BCUT2D eigenvalue weighted by atomic mass is 16.3. The van der Waals surface area contributed by atoms with Crippen LogP contribution in [0.2, 0.25) is 0 Å². The first-order valence-corrected chi connectivity index (χ1v) is 8.01. The highest BCUT2D eigenvalue weighted by Crippen LogP contribution is 2.21. The Bertz CT molecular complexity index is 409. The summed E-state index contributed by atoms with van der Waals surface area (Å²) in [5.74, 6) is 0. The topological polar surface area (TPSA) is 35.5 Å². The van der Waals surface area contributed by atoms with Gasteiger partial charge >= 0.3 is 0 Å². The molecule has 1 heterocycles. The number of rotatable bonds is 4. The standard InChI is InChI=1S/C17H26N2O/c20-17-10-4-9-16(17)18-15-8-5-11-19(13-15)12-14-6-2-1-3-7-14/h1-3,6-7,15-18,20H,4-5,8-13H2/t15?,16-,17-/m0/s1. The molecule has 2 fully saturated rings. The number of likely N-dealkylation sites (tertiary alicyclic amines) is 1. The zero-order valence-corrected chi connectivity index (χ0v) is 12.2. The Balaban J connectivity index is 1.51. The molecular weight excluding hydrogens is 248 g/mol. The predicted molar refractivity (Wildman–Crippen MR) is 81.5 cm³/mol. The first-order valence-electron chi connectivity index (χ1n) is 8.01. The van der Waals surface area contributed by atoms with Crippen molar-refractivity contribution in [3.8, 4) is 0 Å². The van der Waals surface area contributed by atoms with Gasteiger partial charge in [0.2, 0.25) is 0 Å². The minimum absolute atomic E-state index is 0.125. The number of aliphatic hydroxyl groups excluding tert-OH is 1. The zero-order valence-electron chi connectivity index (χ0n) is 12.2. The molecule has 1 aliphatic heterocycles. The first-order chi connectivity index (χ1) is 9.81. The minimum atomic E-state index is -0.125. The van der Waals surface area contributed by atoms with Crippen LogP contribution in [-0.2, 0) is 6.54 Å². The van der Waals surface area contributed by atoms with Crippen LogP contribution < -0.4 is 5.32 Å². The van der Waals surface area contributed by atoms with Crippen molar-refractivity contribution in [2.24, 2.45) is 0 Å². The summed E-state index contributed by atoms with van der Waals surface area (Å²) in [4.78, 5) is 2.54. The fraction of sp³-hybridized carbons (Fsp3) is 0.647. The molecule has 2 N–H and O–H groups in total. The van der Waals surface area contributed by atoms with E-state index >= 15 is 0 Å². The number of nitrogens with one attached hydrogen (secondary N) is 1. The predicted octanol–water partition coefficient (Wildman–Crippen LogP) is 2.15.